The molecule has 3 heteroatoms. The number of piperidine rings is 1. The van der Waals surface area contributed by atoms with Crippen LogP contribution in [0.4, 0.5) is 0 Å². The fourth-order valence-corrected chi connectivity index (χ4v) is 2.31. The molecule has 0 aromatic heterocycles. The van der Waals surface area contributed by atoms with Crippen LogP contribution in [0.25, 0.3) is 0 Å². The van der Waals surface area contributed by atoms with Crippen molar-refractivity contribution < 1.29 is 4.79 Å². The van der Waals surface area contributed by atoms with Gasteiger partial charge in [-0.2, -0.15) is 0 Å². The van der Waals surface area contributed by atoms with Crippen LogP contribution in [0.5, 0.6) is 0 Å². The van der Waals surface area contributed by atoms with Crippen LogP contribution in [-0.4, -0.2) is 24.0 Å². The summed E-state index contributed by atoms with van der Waals surface area (Å²) >= 11 is 1.46. The maximum Gasteiger partial charge on any atom is 0.188 e. The van der Waals surface area contributed by atoms with Gasteiger partial charge in [0.1, 0.15) is 0 Å². The molecule has 13 heavy (non-hydrogen) atoms. The standard InChI is InChI=1S/C10H19NOS/c1-2-13-10(12)6-5-9-4-3-7-11-8-9/h9,11H,2-8H2,1H3. The maximum atomic E-state index is 11.2. The van der Waals surface area contributed by atoms with E-state index >= 15 is 0 Å². The summed E-state index contributed by atoms with van der Waals surface area (Å²) in [6, 6.07) is 0. The Balaban J connectivity index is 2.06. The molecule has 2 nitrogen and oxygen atoms in total. The topological polar surface area (TPSA) is 29.1 Å². The van der Waals surface area contributed by atoms with Crippen LogP contribution in [0.15, 0.2) is 0 Å². The van der Waals surface area contributed by atoms with Gasteiger partial charge in [0.2, 0.25) is 0 Å². The van der Waals surface area contributed by atoms with E-state index in [1.807, 2.05) is 6.92 Å². The van der Waals surface area contributed by atoms with Crippen LogP contribution in [0.2, 0.25) is 0 Å². The second-order valence-corrected chi connectivity index (χ2v) is 4.88. The van der Waals surface area contributed by atoms with Crippen LogP contribution in [0.1, 0.15) is 32.6 Å². The highest BCUT2D eigenvalue weighted by Gasteiger charge is 2.13. The van der Waals surface area contributed by atoms with E-state index in [0.29, 0.717) is 5.12 Å². The first-order chi connectivity index (χ1) is 6.33. The first-order valence-electron chi connectivity index (χ1n) is 5.19. The molecule has 1 aliphatic heterocycles. The molecule has 0 radical (unpaired) electrons. The van der Waals surface area contributed by atoms with E-state index in [0.717, 1.165) is 37.6 Å². The van der Waals surface area contributed by atoms with Gasteiger partial charge in [0.05, 0.1) is 0 Å². The highest BCUT2D eigenvalue weighted by Crippen LogP contribution is 2.18. The molecule has 1 saturated heterocycles. The van der Waals surface area contributed by atoms with Gasteiger partial charge in [-0.15, -0.1) is 0 Å². The van der Waals surface area contributed by atoms with Gasteiger partial charge in [0.15, 0.2) is 5.12 Å². The van der Waals surface area contributed by atoms with E-state index < -0.39 is 0 Å². The highest BCUT2D eigenvalue weighted by molar-refractivity contribution is 8.13. The quantitative estimate of drug-likeness (QED) is 0.754. The smallest absolute Gasteiger partial charge is 0.188 e. The average Bonchev–Trinajstić information content (AvgIpc) is 2.17. The van der Waals surface area contributed by atoms with Crippen LogP contribution >= 0.6 is 11.8 Å². The fraction of sp³-hybridized carbons (Fsp3) is 0.900. The number of nitrogens with one attached hydrogen (secondary N) is 1. The largest absolute Gasteiger partial charge is 0.316 e. The van der Waals surface area contributed by atoms with E-state index in [-0.39, 0.29) is 0 Å². The number of hydrogen-bond acceptors (Lipinski definition) is 3. The predicted octanol–water partition coefficient (Wildman–Crippen LogP) is 2.05. The monoisotopic (exact) mass is 201 g/mol. The van der Waals surface area contributed by atoms with Gasteiger partial charge in [0, 0.05) is 6.42 Å². The van der Waals surface area contributed by atoms with E-state index in [2.05, 4.69) is 5.32 Å². The molecule has 1 fully saturated rings. The van der Waals surface area contributed by atoms with Crippen molar-refractivity contribution in [3.63, 3.8) is 0 Å². The summed E-state index contributed by atoms with van der Waals surface area (Å²) in [7, 11) is 0. The second-order valence-electron chi connectivity index (χ2n) is 3.56. The molecule has 1 heterocycles. The third-order valence-corrected chi connectivity index (χ3v) is 3.28. The van der Waals surface area contributed by atoms with Crippen LogP contribution in [-0.2, 0) is 4.79 Å². The molecule has 0 aromatic carbocycles. The lowest BCUT2D eigenvalue weighted by Crippen LogP contribution is -2.29. The zero-order valence-corrected chi connectivity index (χ0v) is 9.16. The molecule has 1 atom stereocenters. The Kier molecular flexibility index (Phi) is 5.47. The molecule has 1 aliphatic rings. The number of hydrogen-bond donors (Lipinski definition) is 1. The van der Waals surface area contributed by atoms with Gasteiger partial charge in [0.25, 0.3) is 0 Å². The van der Waals surface area contributed by atoms with Crippen molar-refractivity contribution in [2.24, 2.45) is 5.92 Å². The first kappa shape index (κ1) is 11.1. The Labute approximate surface area is 84.9 Å². The molecule has 0 saturated carbocycles. The molecule has 0 aliphatic carbocycles. The van der Waals surface area contributed by atoms with Gasteiger partial charge in [-0.25, -0.2) is 0 Å². The molecule has 1 rings (SSSR count). The lowest BCUT2D eigenvalue weighted by molar-refractivity contribution is -0.111. The SMILES string of the molecule is CCSC(=O)CCC1CCCNC1. The van der Waals surface area contributed by atoms with Gasteiger partial charge >= 0.3 is 0 Å². The van der Waals surface area contributed by atoms with E-state index in [1.165, 1.54) is 24.6 Å². The summed E-state index contributed by atoms with van der Waals surface area (Å²) in [5, 5.41) is 3.74. The summed E-state index contributed by atoms with van der Waals surface area (Å²) in [6.45, 7) is 4.31. The molecule has 0 spiro atoms. The van der Waals surface area contributed by atoms with Crippen molar-refractivity contribution in [1.82, 2.24) is 5.32 Å². The van der Waals surface area contributed by atoms with Gasteiger partial charge in [-0.05, 0) is 44.0 Å². The molecular formula is C10H19NOS. The van der Waals surface area contributed by atoms with Crippen LogP contribution in [0.3, 0.4) is 0 Å². The average molecular weight is 201 g/mol. The molecule has 0 amide bonds. The summed E-state index contributed by atoms with van der Waals surface area (Å²) in [5.74, 6) is 1.66. The van der Waals surface area contributed by atoms with E-state index in [9.17, 15) is 4.79 Å². The number of thioether (sulfide) groups is 1. The zero-order chi connectivity index (χ0) is 9.52. The van der Waals surface area contributed by atoms with Crippen molar-refractivity contribution in [2.45, 2.75) is 32.6 Å². The van der Waals surface area contributed by atoms with Crippen LogP contribution < -0.4 is 5.32 Å². The Bertz CT molecular complexity index is 155. The molecule has 1 N–H and O–H groups in total. The minimum atomic E-state index is 0.369. The predicted molar refractivity (Wildman–Crippen MR) is 58.0 cm³/mol. The summed E-state index contributed by atoms with van der Waals surface area (Å²) < 4.78 is 0. The first-order valence-corrected chi connectivity index (χ1v) is 6.18. The Morgan fingerprint density at radius 1 is 1.62 bits per heavy atom. The van der Waals surface area contributed by atoms with E-state index in [1.54, 1.807) is 0 Å². The van der Waals surface area contributed by atoms with Gasteiger partial charge < -0.3 is 5.32 Å². The van der Waals surface area contributed by atoms with Crippen molar-refractivity contribution >= 4 is 16.9 Å². The molecular weight excluding hydrogens is 182 g/mol. The summed E-state index contributed by atoms with van der Waals surface area (Å²) in [5.41, 5.74) is 0. The normalized spacial score (nSPS) is 23.0. The third kappa shape index (κ3) is 4.67. The van der Waals surface area contributed by atoms with Crippen molar-refractivity contribution in [3.8, 4) is 0 Å². The molecule has 0 bridgehead atoms. The third-order valence-electron chi connectivity index (χ3n) is 2.46. The second kappa shape index (κ2) is 6.44. The van der Waals surface area contributed by atoms with Crippen molar-refractivity contribution in [1.29, 1.82) is 0 Å². The molecule has 76 valence electrons. The zero-order valence-electron chi connectivity index (χ0n) is 8.34. The minimum absolute atomic E-state index is 0.369. The molecule has 0 aromatic rings. The lowest BCUT2D eigenvalue weighted by Gasteiger charge is -2.22. The number of rotatable bonds is 4. The van der Waals surface area contributed by atoms with Crippen molar-refractivity contribution in [2.75, 3.05) is 18.8 Å². The maximum absolute atomic E-state index is 11.2. The Morgan fingerprint density at radius 3 is 3.08 bits per heavy atom. The van der Waals surface area contributed by atoms with Crippen molar-refractivity contribution in [3.05, 3.63) is 0 Å². The summed E-state index contributed by atoms with van der Waals surface area (Å²) in [6.07, 6.45) is 4.43. The van der Waals surface area contributed by atoms with E-state index in [4.69, 9.17) is 0 Å². The Morgan fingerprint density at radius 2 is 2.46 bits per heavy atom. The number of carbonyl (C=O) groups is 1. The lowest BCUT2D eigenvalue weighted by atomic mass is 9.95. The number of carbonyl (C=O) groups excluding carboxylic acids is 1. The fourth-order valence-electron chi connectivity index (χ4n) is 1.73. The van der Waals surface area contributed by atoms with Gasteiger partial charge in [-0.3, -0.25) is 4.79 Å². The summed E-state index contributed by atoms with van der Waals surface area (Å²) in [4.78, 5) is 11.2. The van der Waals surface area contributed by atoms with Gasteiger partial charge in [-0.1, -0.05) is 18.7 Å². The highest BCUT2D eigenvalue weighted by atomic mass is 32.2. The minimum Gasteiger partial charge on any atom is -0.316 e. The van der Waals surface area contributed by atoms with Crippen LogP contribution in [0, 0.1) is 5.92 Å². The Hall–Kier alpha value is -0.0200. The molecule has 1 unspecified atom stereocenters.